The van der Waals surface area contributed by atoms with Gasteiger partial charge in [0.1, 0.15) is 5.00 Å². The maximum absolute atomic E-state index is 12.8. The molecule has 0 atom stereocenters. The van der Waals surface area contributed by atoms with Gasteiger partial charge in [-0.3, -0.25) is 4.79 Å². The Balaban J connectivity index is 1.82. The SMILES string of the molecule is CCOC(=O)c1c(NCC(=O)c2cc(OC)c(OC)c(OC)c2)sc2c1CCC2. The highest BCUT2D eigenvalue weighted by atomic mass is 32.1. The fourth-order valence-electron chi connectivity index (χ4n) is 3.45. The van der Waals surface area contributed by atoms with Crippen LogP contribution in [-0.2, 0) is 17.6 Å². The Kier molecular flexibility index (Phi) is 6.64. The van der Waals surface area contributed by atoms with Crippen LogP contribution in [0.2, 0.25) is 0 Å². The normalized spacial score (nSPS) is 12.3. The predicted octanol–water partition coefficient (Wildman–Crippen LogP) is 3.73. The number of ketones is 1. The van der Waals surface area contributed by atoms with Gasteiger partial charge in [0.05, 0.1) is 40.0 Å². The van der Waals surface area contributed by atoms with Gasteiger partial charge in [-0.05, 0) is 43.9 Å². The summed E-state index contributed by atoms with van der Waals surface area (Å²) in [5.41, 5.74) is 2.05. The van der Waals surface area contributed by atoms with Crippen LogP contribution in [0.25, 0.3) is 0 Å². The summed E-state index contributed by atoms with van der Waals surface area (Å²) >= 11 is 1.53. The van der Waals surface area contributed by atoms with Gasteiger partial charge in [-0.15, -0.1) is 11.3 Å². The van der Waals surface area contributed by atoms with Crippen molar-refractivity contribution in [3.63, 3.8) is 0 Å². The summed E-state index contributed by atoms with van der Waals surface area (Å²) in [5, 5.41) is 3.83. The van der Waals surface area contributed by atoms with Crippen LogP contribution < -0.4 is 19.5 Å². The summed E-state index contributed by atoms with van der Waals surface area (Å²) in [7, 11) is 4.52. The summed E-state index contributed by atoms with van der Waals surface area (Å²) in [4.78, 5) is 26.5. The Morgan fingerprint density at radius 2 is 1.76 bits per heavy atom. The minimum Gasteiger partial charge on any atom is -0.493 e. The van der Waals surface area contributed by atoms with Gasteiger partial charge in [-0.1, -0.05) is 0 Å². The number of Topliss-reactive ketones (excluding diaryl/α,β-unsaturated/α-hetero) is 1. The molecule has 1 heterocycles. The Hall–Kier alpha value is -2.74. The number of carbonyl (C=O) groups excluding carboxylic acids is 2. The average molecular weight is 419 g/mol. The number of carbonyl (C=O) groups is 2. The third kappa shape index (κ3) is 4.17. The van der Waals surface area contributed by atoms with E-state index in [1.165, 1.54) is 37.5 Å². The smallest absolute Gasteiger partial charge is 0.341 e. The molecular weight excluding hydrogens is 394 g/mol. The van der Waals surface area contributed by atoms with Crippen LogP contribution in [0.1, 0.15) is 44.5 Å². The zero-order chi connectivity index (χ0) is 21.0. The van der Waals surface area contributed by atoms with Crippen LogP contribution in [0, 0.1) is 0 Å². The zero-order valence-corrected chi connectivity index (χ0v) is 17.9. The van der Waals surface area contributed by atoms with Crippen molar-refractivity contribution < 1.29 is 28.5 Å². The lowest BCUT2D eigenvalue weighted by Crippen LogP contribution is -2.16. The van der Waals surface area contributed by atoms with Gasteiger partial charge in [0.2, 0.25) is 5.75 Å². The summed E-state index contributed by atoms with van der Waals surface area (Å²) in [5.74, 6) is 0.760. The number of ether oxygens (including phenoxy) is 4. The number of nitrogens with one attached hydrogen (secondary N) is 1. The largest absolute Gasteiger partial charge is 0.493 e. The number of anilines is 1. The van der Waals surface area contributed by atoms with E-state index >= 15 is 0 Å². The predicted molar refractivity (Wildman–Crippen MR) is 111 cm³/mol. The van der Waals surface area contributed by atoms with Gasteiger partial charge in [0.15, 0.2) is 17.3 Å². The van der Waals surface area contributed by atoms with E-state index < -0.39 is 0 Å². The quantitative estimate of drug-likeness (QED) is 0.490. The number of benzene rings is 1. The van der Waals surface area contributed by atoms with Crippen LogP contribution in [0.5, 0.6) is 17.2 Å². The first-order valence-electron chi connectivity index (χ1n) is 9.42. The van der Waals surface area contributed by atoms with Crippen LogP contribution in [0.4, 0.5) is 5.00 Å². The van der Waals surface area contributed by atoms with Crippen molar-refractivity contribution in [2.24, 2.45) is 0 Å². The molecule has 8 heteroatoms. The minimum absolute atomic E-state index is 0.0322. The number of thiophene rings is 1. The third-order valence-corrected chi connectivity index (χ3v) is 6.05. The standard InChI is InChI=1S/C21H25NO6S/c1-5-28-21(24)18-13-7-6-8-17(13)29-20(18)22-11-14(23)12-9-15(25-2)19(27-4)16(10-12)26-3/h9-10,22H,5-8,11H2,1-4H3. The van der Waals surface area contributed by atoms with Crippen LogP contribution >= 0.6 is 11.3 Å². The fraction of sp³-hybridized carbons (Fsp3) is 0.429. The number of methoxy groups -OCH3 is 3. The van der Waals surface area contributed by atoms with Crippen LogP contribution in [0.15, 0.2) is 12.1 Å². The number of aryl methyl sites for hydroxylation is 1. The molecule has 7 nitrogen and oxygen atoms in total. The summed E-state index contributed by atoms with van der Waals surface area (Å²) in [6, 6.07) is 3.23. The molecule has 1 N–H and O–H groups in total. The van der Waals surface area contributed by atoms with Gasteiger partial charge >= 0.3 is 5.97 Å². The molecule has 1 aromatic carbocycles. The maximum Gasteiger partial charge on any atom is 0.341 e. The van der Waals surface area contributed by atoms with Crippen LogP contribution in [-0.4, -0.2) is 46.2 Å². The Bertz CT molecular complexity index is 895. The van der Waals surface area contributed by atoms with E-state index in [9.17, 15) is 9.59 Å². The summed E-state index contributed by atoms with van der Waals surface area (Å²) in [6.45, 7) is 2.13. The molecule has 0 unspecified atom stereocenters. The molecule has 3 rings (SSSR count). The third-order valence-electron chi connectivity index (χ3n) is 4.80. The molecule has 0 bridgehead atoms. The molecule has 0 saturated heterocycles. The number of esters is 1. The lowest BCUT2D eigenvalue weighted by Gasteiger charge is -2.14. The van der Waals surface area contributed by atoms with Crippen molar-refractivity contribution >= 4 is 28.1 Å². The number of hydrogen-bond donors (Lipinski definition) is 1. The molecule has 1 aliphatic carbocycles. The first-order chi connectivity index (χ1) is 14.0. The van der Waals surface area contributed by atoms with Crippen molar-refractivity contribution in [3.8, 4) is 17.2 Å². The van der Waals surface area contributed by atoms with E-state index in [1.807, 2.05) is 0 Å². The van der Waals surface area contributed by atoms with Crippen molar-refractivity contribution in [3.05, 3.63) is 33.7 Å². The van der Waals surface area contributed by atoms with Gasteiger partial charge < -0.3 is 24.3 Å². The molecule has 1 aliphatic rings. The van der Waals surface area contributed by atoms with Crippen LogP contribution in [0.3, 0.4) is 0 Å². The fourth-order valence-corrected chi connectivity index (χ4v) is 4.73. The molecule has 0 amide bonds. The molecule has 0 radical (unpaired) electrons. The van der Waals surface area contributed by atoms with Gasteiger partial charge in [-0.25, -0.2) is 4.79 Å². The molecule has 1 aromatic heterocycles. The second-order valence-corrected chi connectivity index (χ2v) is 7.58. The monoisotopic (exact) mass is 419 g/mol. The minimum atomic E-state index is -0.338. The summed E-state index contributed by atoms with van der Waals surface area (Å²) < 4.78 is 21.1. The summed E-state index contributed by atoms with van der Waals surface area (Å²) in [6.07, 6.45) is 2.86. The van der Waals surface area contributed by atoms with Gasteiger partial charge in [0, 0.05) is 10.4 Å². The maximum atomic E-state index is 12.8. The molecule has 0 saturated carbocycles. The highest BCUT2D eigenvalue weighted by Crippen LogP contribution is 2.40. The van der Waals surface area contributed by atoms with Gasteiger partial charge in [-0.2, -0.15) is 0 Å². The molecule has 29 heavy (non-hydrogen) atoms. The first-order valence-corrected chi connectivity index (χ1v) is 10.2. The lowest BCUT2D eigenvalue weighted by atomic mass is 10.1. The van der Waals surface area contributed by atoms with Crippen molar-refractivity contribution in [2.45, 2.75) is 26.2 Å². The number of rotatable bonds is 9. The van der Waals surface area contributed by atoms with E-state index in [2.05, 4.69) is 5.32 Å². The van der Waals surface area contributed by atoms with E-state index in [1.54, 1.807) is 19.1 Å². The van der Waals surface area contributed by atoms with Gasteiger partial charge in [0.25, 0.3) is 0 Å². The molecule has 2 aromatic rings. The first kappa shape index (κ1) is 21.0. The molecular formula is C21H25NO6S. The average Bonchev–Trinajstić information content (AvgIpc) is 3.31. The van der Waals surface area contributed by atoms with E-state index in [0.717, 1.165) is 24.8 Å². The molecule has 0 fully saturated rings. The molecule has 156 valence electrons. The zero-order valence-electron chi connectivity index (χ0n) is 17.0. The lowest BCUT2D eigenvalue weighted by molar-refractivity contribution is 0.0526. The van der Waals surface area contributed by atoms with E-state index in [4.69, 9.17) is 18.9 Å². The second-order valence-electron chi connectivity index (χ2n) is 6.47. The Morgan fingerprint density at radius 1 is 1.07 bits per heavy atom. The Morgan fingerprint density at radius 3 is 2.34 bits per heavy atom. The van der Waals surface area contributed by atoms with E-state index in [0.29, 0.717) is 40.0 Å². The highest BCUT2D eigenvalue weighted by Gasteiger charge is 2.28. The van der Waals surface area contributed by atoms with Crippen molar-refractivity contribution in [1.82, 2.24) is 0 Å². The number of hydrogen-bond acceptors (Lipinski definition) is 8. The second kappa shape index (κ2) is 9.17. The molecule has 0 aliphatic heterocycles. The Labute approximate surface area is 173 Å². The topological polar surface area (TPSA) is 83.1 Å². The number of fused-ring (bicyclic) bond motifs is 1. The van der Waals surface area contributed by atoms with E-state index in [-0.39, 0.29) is 18.3 Å². The molecule has 0 spiro atoms. The van der Waals surface area contributed by atoms with Crippen molar-refractivity contribution in [1.29, 1.82) is 0 Å². The highest BCUT2D eigenvalue weighted by molar-refractivity contribution is 7.16. The van der Waals surface area contributed by atoms with Crippen molar-refractivity contribution in [2.75, 3.05) is 39.8 Å².